The lowest BCUT2D eigenvalue weighted by Crippen LogP contribution is -2.38. The molecule has 0 aromatic heterocycles. The minimum Gasteiger partial charge on any atom is -0.478 e. The Morgan fingerprint density at radius 2 is 2.30 bits per heavy atom. The molecule has 1 unspecified atom stereocenters. The molecule has 1 heterocycles. The largest absolute Gasteiger partial charge is 0.478 e. The van der Waals surface area contributed by atoms with Gasteiger partial charge in [-0.25, -0.2) is 4.79 Å². The van der Waals surface area contributed by atoms with Crippen molar-refractivity contribution in [3.05, 3.63) is 47.0 Å². The van der Waals surface area contributed by atoms with Gasteiger partial charge in [0.2, 0.25) is 5.91 Å². The maximum absolute atomic E-state index is 12.0. The zero-order valence-corrected chi connectivity index (χ0v) is 11.8. The summed E-state index contributed by atoms with van der Waals surface area (Å²) in [6.45, 7) is 4.77. The van der Waals surface area contributed by atoms with Crippen molar-refractivity contribution in [3.8, 4) is 0 Å². The molecule has 1 amide bonds. The molecule has 4 nitrogen and oxygen atoms in total. The number of rotatable bonds is 4. The number of nitrogens with zero attached hydrogens (tertiary/aromatic N) is 1. The molecular formula is C15H16ClNO3. The van der Waals surface area contributed by atoms with Gasteiger partial charge in [-0.2, -0.15) is 0 Å². The monoisotopic (exact) mass is 293 g/mol. The Labute approximate surface area is 122 Å². The van der Waals surface area contributed by atoms with E-state index in [1.54, 1.807) is 23.1 Å². The first-order chi connectivity index (χ1) is 9.52. The molecule has 0 bridgehead atoms. The fourth-order valence-electron chi connectivity index (χ4n) is 2.56. The Morgan fingerprint density at radius 1 is 1.55 bits per heavy atom. The van der Waals surface area contributed by atoms with Crippen LogP contribution in [0, 0.1) is 0 Å². The molecule has 1 N–H and O–H groups in total. The third-order valence-electron chi connectivity index (χ3n) is 3.55. The quantitative estimate of drug-likeness (QED) is 0.868. The number of aromatic carboxylic acids is 1. The molecular weight excluding hydrogens is 278 g/mol. The van der Waals surface area contributed by atoms with E-state index in [-0.39, 0.29) is 17.4 Å². The van der Waals surface area contributed by atoms with E-state index in [1.165, 1.54) is 6.07 Å². The first kappa shape index (κ1) is 14.6. The first-order valence-corrected chi connectivity index (χ1v) is 6.82. The smallest absolute Gasteiger partial charge is 0.335 e. The molecule has 1 aromatic rings. The number of likely N-dealkylation sites (tertiary alicyclic amines) is 1. The lowest BCUT2D eigenvalue weighted by atomic mass is 9.86. The van der Waals surface area contributed by atoms with Crippen LogP contribution >= 0.6 is 11.6 Å². The molecule has 1 saturated heterocycles. The van der Waals surface area contributed by atoms with Crippen LogP contribution in [-0.2, 0) is 4.79 Å². The number of piperidine rings is 1. The van der Waals surface area contributed by atoms with Crippen molar-refractivity contribution in [1.29, 1.82) is 0 Å². The zero-order valence-electron chi connectivity index (χ0n) is 11.0. The van der Waals surface area contributed by atoms with E-state index in [0.717, 1.165) is 6.42 Å². The maximum atomic E-state index is 12.0. The predicted octanol–water partition coefficient (Wildman–Crippen LogP) is 2.93. The summed E-state index contributed by atoms with van der Waals surface area (Å²) in [5, 5.41) is 9.73. The number of halogens is 1. The molecule has 0 saturated carbocycles. The van der Waals surface area contributed by atoms with Crippen LogP contribution in [0.2, 0.25) is 5.02 Å². The fourth-order valence-corrected chi connectivity index (χ4v) is 2.74. The predicted molar refractivity (Wildman–Crippen MR) is 77.2 cm³/mol. The Morgan fingerprint density at radius 3 is 2.90 bits per heavy atom. The summed E-state index contributed by atoms with van der Waals surface area (Å²) in [5.74, 6) is -1.05. The van der Waals surface area contributed by atoms with Gasteiger partial charge in [0.25, 0.3) is 0 Å². The Hall–Kier alpha value is -1.81. The van der Waals surface area contributed by atoms with Crippen molar-refractivity contribution in [1.82, 2.24) is 4.90 Å². The molecule has 2 rings (SSSR count). The normalized spacial score (nSPS) is 18.9. The van der Waals surface area contributed by atoms with Crippen LogP contribution in [-0.4, -0.2) is 35.0 Å². The second-order valence-electron chi connectivity index (χ2n) is 4.85. The summed E-state index contributed by atoms with van der Waals surface area (Å²) in [6, 6.07) is 4.72. The second kappa shape index (κ2) is 6.09. The van der Waals surface area contributed by atoms with E-state index in [0.29, 0.717) is 30.1 Å². The van der Waals surface area contributed by atoms with E-state index >= 15 is 0 Å². The summed E-state index contributed by atoms with van der Waals surface area (Å²) >= 11 is 5.95. The fraction of sp³-hybridized carbons (Fsp3) is 0.333. The summed E-state index contributed by atoms with van der Waals surface area (Å²) < 4.78 is 0. The molecule has 1 aromatic carbocycles. The lowest BCUT2D eigenvalue weighted by Gasteiger charge is -2.31. The van der Waals surface area contributed by atoms with Gasteiger partial charge in [-0.15, -0.1) is 6.58 Å². The molecule has 1 fully saturated rings. The molecule has 20 heavy (non-hydrogen) atoms. The van der Waals surface area contributed by atoms with Crippen molar-refractivity contribution < 1.29 is 14.7 Å². The number of carbonyl (C=O) groups is 2. The van der Waals surface area contributed by atoms with Crippen molar-refractivity contribution in [2.75, 3.05) is 13.1 Å². The standard InChI is InChI=1S/C15H16ClNO3/c1-2-6-17-7-5-10(8-14(17)18)13-9-11(16)3-4-12(13)15(19)20/h2-4,9-10H,1,5-8H2,(H,19,20). The Bertz CT molecular complexity index is 556. The highest BCUT2D eigenvalue weighted by Gasteiger charge is 2.28. The highest BCUT2D eigenvalue weighted by atomic mass is 35.5. The van der Waals surface area contributed by atoms with Gasteiger partial charge >= 0.3 is 5.97 Å². The van der Waals surface area contributed by atoms with Crippen LogP contribution in [0.3, 0.4) is 0 Å². The first-order valence-electron chi connectivity index (χ1n) is 6.44. The van der Waals surface area contributed by atoms with Gasteiger partial charge in [0.15, 0.2) is 0 Å². The van der Waals surface area contributed by atoms with E-state index in [2.05, 4.69) is 6.58 Å². The van der Waals surface area contributed by atoms with Crippen LogP contribution in [0.1, 0.15) is 34.7 Å². The lowest BCUT2D eigenvalue weighted by molar-refractivity contribution is -0.133. The maximum Gasteiger partial charge on any atom is 0.335 e. The zero-order chi connectivity index (χ0) is 14.7. The average molecular weight is 294 g/mol. The van der Waals surface area contributed by atoms with E-state index in [9.17, 15) is 14.7 Å². The van der Waals surface area contributed by atoms with Gasteiger partial charge in [-0.1, -0.05) is 17.7 Å². The van der Waals surface area contributed by atoms with Crippen LogP contribution in [0.4, 0.5) is 0 Å². The summed E-state index contributed by atoms with van der Waals surface area (Å²) in [5.41, 5.74) is 0.876. The summed E-state index contributed by atoms with van der Waals surface area (Å²) in [4.78, 5) is 25.0. The highest BCUT2D eigenvalue weighted by Crippen LogP contribution is 2.32. The molecule has 1 aliphatic rings. The number of benzene rings is 1. The third-order valence-corrected chi connectivity index (χ3v) is 3.79. The van der Waals surface area contributed by atoms with Crippen molar-refractivity contribution in [3.63, 3.8) is 0 Å². The molecule has 106 valence electrons. The number of amides is 1. The number of carboxylic acid groups (broad SMARTS) is 1. The average Bonchev–Trinajstić information content (AvgIpc) is 2.40. The minimum absolute atomic E-state index is 0.0254. The Balaban J connectivity index is 2.25. The van der Waals surface area contributed by atoms with E-state index < -0.39 is 5.97 Å². The Kier molecular flexibility index (Phi) is 4.45. The van der Waals surface area contributed by atoms with Gasteiger partial charge in [0, 0.05) is 24.5 Å². The topological polar surface area (TPSA) is 57.6 Å². The van der Waals surface area contributed by atoms with E-state index in [1.807, 2.05) is 0 Å². The van der Waals surface area contributed by atoms with Gasteiger partial charge in [-0.3, -0.25) is 4.79 Å². The minimum atomic E-state index is -0.988. The van der Waals surface area contributed by atoms with Crippen LogP contribution in [0.25, 0.3) is 0 Å². The summed E-state index contributed by atoms with van der Waals surface area (Å²) in [6.07, 6.45) is 2.74. The SMILES string of the molecule is C=CCN1CCC(c2cc(Cl)ccc2C(=O)O)CC1=O. The van der Waals surface area contributed by atoms with Gasteiger partial charge in [0.05, 0.1) is 5.56 Å². The molecule has 1 atom stereocenters. The van der Waals surface area contributed by atoms with Gasteiger partial charge in [-0.05, 0) is 36.1 Å². The number of carboxylic acids is 1. The number of hydrogen-bond donors (Lipinski definition) is 1. The van der Waals surface area contributed by atoms with Gasteiger partial charge in [0.1, 0.15) is 0 Å². The molecule has 0 radical (unpaired) electrons. The van der Waals surface area contributed by atoms with Crippen molar-refractivity contribution in [2.24, 2.45) is 0 Å². The van der Waals surface area contributed by atoms with Crippen molar-refractivity contribution in [2.45, 2.75) is 18.8 Å². The molecule has 1 aliphatic heterocycles. The molecule has 0 aliphatic carbocycles. The van der Waals surface area contributed by atoms with Crippen LogP contribution in [0.5, 0.6) is 0 Å². The highest BCUT2D eigenvalue weighted by molar-refractivity contribution is 6.30. The van der Waals surface area contributed by atoms with Crippen molar-refractivity contribution >= 4 is 23.5 Å². The van der Waals surface area contributed by atoms with Crippen LogP contribution < -0.4 is 0 Å². The summed E-state index contributed by atoms with van der Waals surface area (Å²) in [7, 11) is 0. The third kappa shape index (κ3) is 3.02. The number of carbonyl (C=O) groups excluding carboxylic acids is 1. The second-order valence-corrected chi connectivity index (χ2v) is 5.29. The molecule has 5 heteroatoms. The number of hydrogen-bond acceptors (Lipinski definition) is 2. The molecule has 0 spiro atoms. The van der Waals surface area contributed by atoms with E-state index in [4.69, 9.17) is 11.6 Å². The van der Waals surface area contributed by atoms with Crippen LogP contribution in [0.15, 0.2) is 30.9 Å². The van der Waals surface area contributed by atoms with Gasteiger partial charge < -0.3 is 10.0 Å².